The van der Waals surface area contributed by atoms with Crippen LogP contribution in [0.2, 0.25) is 0 Å². The van der Waals surface area contributed by atoms with E-state index in [9.17, 15) is 0 Å². The molecule has 0 aliphatic carbocycles. The van der Waals surface area contributed by atoms with Gasteiger partial charge in [-0.1, -0.05) is 36.4 Å². The monoisotopic (exact) mass is 301 g/mol. The van der Waals surface area contributed by atoms with Gasteiger partial charge >= 0.3 is 0 Å². The fraction of sp³-hybridized carbons (Fsp3) is 0.0625. The molecular formula is C16H16ClN3O. The van der Waals surface area contributed by atoms with Crippen LogP contribution in [0.1, 0.15) is 5.76 Å². The molecule has 0 saturated heterocycles. The summed E-state index contributed by atoms with van der Waals surface area (Å²) in [5.74, 6) is 1.62. The Morgan fingerprint density at radius 1 is 0.952 bits per heavy atom. The van der Waals surface area contributed by atoms with E-state index in [-0.39, 0.29) is 18.4 Å². The van der Waals surface area contributed by atoms with Crippen LogP contribution >= 0.6 is 12.4 Å². The van der Waals surface area contributed by atoms with Crippen molar-refractivity contribution >= 4 is 29.1 Å². The fourth-order valence-electron chi connectivity index (χ4n) is 2.13. The fourth-order valence-corrected chi connectivity index (χ4v) is 2.13. The van der Waals surface area contributed by atoms with Crippen molar-refractivity contribution in [2.24, 2.45) is 16.5 Å². The van der Waals surface area contributed by atoms with Crippen LogP contribution in [0.15, 0.2) is 64.0 Å². The SMILES string of the molecule is Cl.NC(N)=NCc1ccc(-c2ccc3ccccc3c2)o1. The van der Waals surface area contributed by atoms with Gasteiger partial charge in [-0.2, -0.15) is 0 Å². The highest BCUT2D eigenvalue weighted by Crippen LogP contribution is 2.26. The Morgan fingerprint density at radius 3 is 2.48 bits per heavy atom. The van der Waals surface area contributed by atoms with Gasteiger partial charge in [-0.05, 0) is 29.0 Å². The zero-order valence-electron chi connectivity index (χ0n) is 11.3. The molecule has 0 saturated carbocycles. The largest absolute Gasteiger partial charge is 0.459 e. The quantitative estimate of drug-likeness (QED) is 0.575. The number of hydrogen-bond acceptors (Lipinski definition) is 2. The van der Waals surface area contributed by atoms with Crippen molar-refractivity contribution in [3.63, 3.8) is 0 Å². The van der Waals surface area contributed by atoms with Crippen molar-refractivity contribution in [2.45, 2.75) is 6.54 Å². The summed E-state index contributed by atoms with van der Waals surface area (Å²) < 4.78 is 5.75. The van der Waals surface area contributed by atoms with Crippen LogP contribution in [0, 0.1) is 0 Å². The van der Waals surface area contributed by atoms with Crippen LogP contribution in [0.3, 0.4) is 0 Å². The van der Waals surface area contributed by atoms with Gasteiger partial charge in [0.25, 0.3) is 0 Å². The second-order valence-corrected chi connectivity index (χ2v) is 4.57. The second kappa shape index (κ2) is 6.33. The minimum Gasteiger partial charge on any atom is -0.459 e. The van der Waals surface area contributed by atoms with Crippen LogP contribution in [-0.2, 0) is 6.54 Å². The minimum absolute atomic E-state index is 0. The van der Waals surface area contributed by atoms with Crippen molar-refractivity contribution in [3.8, 4) is 11.3 Å². The zero-order valence-corrected chi connectivity index (χ0v) is 12.1. The number of rotatable bonds is 3. The lowest BCUT2D eigenvalue weighted by Gasteiger charge is -2.01. The molecule has 0 radical (unpaired) electrons. The molecule has 0 fully saturated rings. The molecular weight excluding hydrogens is 286 g/mol. The Hall–Kier alpha value is -2.46. The molecule has 4 nitrogen and oxygen atoms in total. The van der Waals surface area contributed by atoms with E-state index >= 15 is 0 Å². The lowest BCUT2D eigenvalue weighted by atomic mass is 10.1. The maximum atomic E-state index is 5.75. The molecule has 0 aliphatic rings. The summed E-state index contributed by atoms with van der Waals surface area (Å²) in [7, 11) is 0. The second-order valence-electron chi connectivity index (χ2n) is 4.57. The summed E-state index contributed by atoms with van der Waals surface area (Å²) in [6.45, 7) is 0.357. The normalized spacial score (nSPS) is 10.1. The molecule has 2 aromatic carbocycles. The van der Waals surface area contributed by atoms with E-state index in [4.69, 9.17) is 15.9 Å². The first-order valence-electron chi connectivity index (χ1n) is 6.36. The Morgan fingerprint density at radius 2 is 1.71 bits per heavy atom. The average Bonchev–Trinajstić information content (AvgIpc) is 2.93. The van der Waals surface area contributed by atoms with Crippen molar-refractivity contribution in [3.05, 3.63) is 60.4 Å². The number of aliphatic imine (C=N–C) groups is 1. The maximum Gasteiger partial charge on any atom is 0.186 e. The molecule has 108 valence electrons. The summed E-state index contributed by atoms with van der Waals surface area (Å²) in [5, 5.41) is 2.40. The summed E-state index contributed by atoms with van der Waals surface area (Å²) in [6.07, 6.45) is 0. The Labute approximate surface area is 128 Å². The summed E-state index contributed by atoms with van der Waals surface area (Å²) in [6, 6.07) is 18.3. The van der Waals surface area contributed by atoms with Gasteiger partial charge in [0.1, 0.15) is 18.1 Å². The minimum atomic E-state index is 0. The number of hydrogen-bond donors (Lipinski definition) is 2. The smallest absolute Gasteiger partial charge is 0.186 e. The molecule has 0 amide bonds. The number of guanidine groups is 1. The number of nitrogens with zero attached hydrogens (tertiary/aromatic N) is 1. The van der Waals surface area contributed by atoms with Gasteiger partial charge in [-0.3, -0.25) is 0 Å². The molecule has 0 aliphatic heterocycles. The van der Waals surface area contributed by atoms with E-state index < -0.39 is 0 Å². The molecule has 0 spiro atoms. The number of fused-ring (bicyclic) bond motifs is 1. The van der Waals surface area contributed by atoms with E-state index in [1.807, 2.05) is 30.3 Å². The van der Waals surface area contributed by atoms with E-state index in [0.717, 1.165) is 17.1 Å². The van der Waals surface area contributed by atoms with Gasteiger partial charge in [0, 0.05) is 5.56 Å². The highest BCUT2D eigenvalue weighted by molar-refractivity contribution is 5.86. The third-order valence-corrected chi connectivity index (χ3v) is 3.11. The topological polar surface area (TPSA) is 77.5 Å². The summed E-state index contributed by atoms with van der Waals surface area (Å²) in [4.78, 5) is 3.93. The number of halogens is 1. The molecule has 5 heteroatoms. The van der Waals surface area contributed by atoms with E-state index in [1.165, 1.54) is 10.8 Å². The number of furan rings is 1. The van der Waals surface area contributed by atoms with Gasteiger partial charge in [-0.25, -0.2) is 4.99 Å². The number of benzene rings is 2. The molecule has 0 bridgehead atoms. The molecule has 0 unspecified atom stereocenters. The first-order valence-corrected chi connectivity index (χ1v) is 6.36. The van der Waals surface area contributed by atoms with Crippen LogP contribution in [-0.4, -0.2) is 5.96 Å². The van der Waals surface area contributed by atoms with Crippen LogP contribution < -0.4 is 11.5 Å². The van der Waals surface area contributed by atoms with E-state index in [0.29, 0.717) is 6.54 Å². The van der Waals surface area contributed by atoms with E-state index in [1.54, 1.807) is 0 Å². The van der Waals surface area contributed by atoms with Crippen molar-refractivity contribution in [2.75, 3.05) is 0 Å². The van der Waals surface area contributed by atoms with Gasteiger partial charge in [0.2, 0.25) is 0 Å². The predicted octanol–water partition coefficient (Wildman–Crippen LogP) is 3.30. The van der Waals surface area contributed by atoms with Crippen LogP contribution in [0.5, 0.6) is 0 Å². The molecule has 0 atom stereocenters. The van der Waals surface area contributed by atoms with Crippen molar-refractivity contribution in [1.82, 2.24) is 0 Å². The third kappa shape index (κ3) is 3.35. The van der Waals surface area contributed by atoms with Crippen molar-refractivity contribution in [1.29, 1.82) is 0 Å². The van der Waals surface area contributed by atoms with Gasteiger partial charge in [0.15, 0.2) is 5.96 Å². The molecule has 3 aromatic rings. The van der Waals surface area contributed by atoms with Gasteiger partial charge in [-0.15, -0.1) is 12.4 Å². The molecule has 1 aromatic heterocycles. The summed E-state index contributed by atoms with van der Waals surface area (Å²) in [5.41, 5.74) is 11.7. The predicted molar refractivity (Wildman–Crippen MR) is 88.4 cm³/mol. The van der Waals surface area contributed by atoms with Crippen LogP contribution in [0.25, 0.3) is 22.1 Å². The van der Waals surface area contributed by atoms with E-state index in [2.05, 4.69) is 29.3 Å². The lowest BCUT2D eigenvalue weighted by molar-refractivity contribution is 0.526. The Kier molecular flexibility index (Phi) is 4.50. The Balaban J connectivity index is 0.00000161. The summed E-state index contributed by atoms with van der Waals surface area (Å²) >= 11 is 0. The Bertz CT molecular complexity index is 776. The average molecular weight is 302 g/mol. The standard InChI is InChI=1S/C16H15N3O.ClH/c17-16(18)19-10-14-7-8-15(20-14)13-6-5-11-3-1-2-4-12(11)9-13;/h1-9H,10H2,(H4,17,18,19);1H. The van der Waals surface area contributed by atoms with Gasteiger partial charge < -0.3 is 15.9 Å². The zero-order chi connectivity index (χ0) is 13.9. The first-order chi connectivity index (χ1) is 9.72. The third-order valence-electron chi connectivity index (χ3n) is 3.11. The molecule has 3 rings (SSSR count). The van der Waals surface area contributed by atoms with Crippen LogP contribution in [0.4, 0.5) is 0 Å². The highest BCUT2D eigenvalue weighted by Gasteiger charge is 2.05. The van der Waals surface area contributed by atoms with Crippen molar-refractivity contribution < 1.29 is 4.42 Å². The van der Waals surface area contributed by atoms with Gasteiger partial charge in [0.05, 0.1) is 0 Å². The molecule has 1 heterocycles. The highest BCUT2D eigenvalue weighted by atomic mass is 35.5. The maximum absolute atomic E-state index is 5.75. The molecule has 21 heavy (non-hydrogen) atoms. The molecule has 4 N–H and O–H groups in total. The lowest BCUT2D eigenvalue weighted by Crippen LogP contribution is -2.22. The number of nitrogens with two attached hydrogens (primary N) is 2. The first kappa shape index (κ1) is 14.9.